The van der Waals surface area contributed by atoms with Gasteiger partial charge < -0.3 is 5.32 Å². The number of alkyl halides is 3. The van der Waals surface area contributed by atoms with Crippen LogP contribution in [0.5, 0.6) is 0 Å². The first kappa shape index (κ1) is 15.3. The van der Waals surface area contributed by atoms with Crippen molar-refractivity contribution in [2.24, 2.45) is 0 Å². The van der Waals surface area contributed by atoms with E-state index in [2.05, 4.69) is 20.4 Å². The van der Waals surface area contributed by atoms with Crippen LogP contribution >= 0.6 is 0 Å². The van der Waals surface area contributed by atoms with Crippen LogP contribution in [0.1, 0.15) is 30.9 Å². The van der Waals surface area contributed by atoms with E-state index in [1.165, 1.54) is 6.20 Å². The Morgan fingerprint density at radius 1 is 1.24 bits per heavy atom. The highest BCUT2D eigenvalue weighted by atomic mass is 19.4. The average Bonchev–Trinajstić information content (AvgIpc) is 2.91. The minimum Gasteiger partial charge on any atom is -0.370 e. The first-order valence-electron chi connectivity index (χ1n) is 6.61. The summed E-state index contributed by atoms with van der Waals surface area (Å²) in [5.41, 5.74) is -0.283. The van der Waals surface area contributed by atoms with Gasteiger partial charge >= 0.3 is 6.18 Å². The van der Waals surface area contributed by atoms with Crippen molar-refractivity contribution in [3.8, 4) is 5.82 Å². The van der Waals surface area contributed by atoms with Crippen molar-refractivity contribution in [2.75, 3.05) is 11.9 Å². The predicted octanol–water partition coefficient (Wildman–Crippen LogP) is 2.98. The molecule has 0 saturated heterocycles. The van der Waals surface area contributed by atoms with Gasteiger partial charge in [0, 0.05) is 24.7 Å². The molecule has 0 saturated carbocycles. The molecule has 0 fully saturated rings. The third-order valence-corrected chi connectivity index (χ3v) is 2.92. The number of nitrogens with one attached hydrogen (secondary N) is 1. The Labute approximate surface area is 120 Å². The summed E-state index contributed by atoms with van der Waals surface area (Å²) in [6, 6.07) is 0.931. The van der Waals surface area contributed by atoms with Crippen LogP contribution in [0.15, 0.2) is 12.3 Å². The van der Waals surface area contributed by atoms with Gasteiger partial charge in [-0.2, -0.15) is 18.3 Å². The molecule has 0 aromatic carbocycles. The van der Waals surface area contributed by atoms with Crippen LogP contribution < -0.4 is 5.32 Å². The Balaban J connectivity index is 2.52. The fraction of sp³-hybridized carbons (Fsp3) is 0.462. The van der Waals surface area contributed by atoms with Crippen LogP contribution in [0.4, 0.5) is 19.0 Å². The molecule has 2 heterocycles. The number of nitrogens with zero attached hydrogens (tertiary/aromatic N) is 4. The van der Waals surface area contributed by atoms with Gasteiger partial charge in [0.2, 0.25) is 0 Å². The number of halogens is 3. The van der Waals surface area contributed by atoms with Gasteiger partial charge in [-0.05, 0) is 19.9 Å². The largest absolute Gasteiger partial charge is 0.435 e. The molecule has 0 radical (unpaired) electrons. The molecular formula is C13H16F3N5. The molecule has 21 heavy (non-hydrogen) atoms. The van der Waals surface area contributed by atoms with Gasteiger partial charge in [-0.15, -0.1) is 0 Å². The van der Waals surface area contributed by atoms with Crippen LogP contribution in [-0.4, -0.2) is 26.3 Å². The third kappa shape index (κ3) is 3.14. The highest BCUT2D eigenvalue weighted by Crippen LogP contribution is 2.28. The second-order valence-electron chi connectivity index (χ2n) is 4.46. The zero-order valence-electron chi connectivity index (χ0n) is 12.0. The number of aryl methyl sites for hydroxylation is 1. The van der Waals surface area contributed by atoms with E-state index in [0.29, 0.717) is 36.0 Å². The molecule has 0 bridgehead atoms. The predicted molar refractivity (Wildman–Crippen MR) is 72.4 cm³/mol. The number of aromatic nitrogens is 4. The fourth-order valence-electron chi connectivity index (χ4n) is 1.86. The van der Waals surface area contributed by atoms with Crippen molar-refractivity contribution in [1.82, 2.24) is 19.7 Å². The Morgan fingerprint density at radius 2 is 1.95 bits per heavy atom. The summed E-state index contributed by atoms with van der Waals surface area (Å²) in [5, 5.41) is 6.65. The highest BCUT2D eigenvalue weighted by Gasteiger charge is 2.34. The number of anilines is 1. The maximum Gasteiger partial charge on any atom is 0.435 e. The molecule has 0 aliphatic rings. The summed E-state index contributed by atoms with van der Waals surface area (Å²) in [6.45, 7) is 6.21. The highest BCUT2D eigenvalue weighted by molar-refractivity contribution is 5.51. The molecule has 2 rings (SSSR count). The standard InChI is InChI=1S/C13H16F3N5/c1-4-10-18-11(17-5-2)8(3)12(19-10)21-7-6-9(20-21)13(14,15)16/h6-7H,4-5H2,1-3H3,(H,17,18,19). The quantitative estimate of drug-likeness (QED) is 0.943. The van der Waals surface area contributed by atoms with E-state index in [1.54, 1.807) is 6.92 Å². The Hall–Kier alpha value is -2.12. The summed E-state index contributed by atoms with van der Waals surface area (Å²) in [6.07, 6.45) is -2.63. The third-order valence-electron chi connectivity index (χ3n) is 2.92. The van der Waals surface area contributed by atoms with E-state index < -0.39 is 11.9 Å². The molecule has 0 amide bonds. The monoisotopic (exact) mass is 299 g/mol. The summed E-state index contributed by atoms with van der Waals surface area (Å²) in [5.74, 6) is 1.52. The molecule has 2 aromatic rings. The van der Waals surface area contributed by atoms with Gasteiger partial charge in [0.05, 0.1) is 0 Å². The van der Waals surface area contributed by atoms with Gasteiger partial charge in [-0.3, -0.25) is 0 Å². The normalized spacial score (nSPS) is 11.7. The van der Waals surface area contributed by atoms with Gasteiger partial charge in [0.25, 0.3) is 0 Å². The van der Waals surface area contributed by atoms with E-state index in [9.17, 15) is 13.2 Å². The summed E-state index contributed by atoms with van der Waals surface area (Å²) >= 11 is 0. The molecular weight excluding hydrogens is 283 g/mol. The van der Waals surface area contributed by atoms with E-state index in [-0.39, 0.29) is 0 Å². The van der Waals surface area contributed by atoms with Crippen LogP contribution in [0.25, 0.3) is 5.82 Å². The summed E-state index contributed by atoms with van der Waals surface area (Å²) in [4.78, 5) is 8.62. The zero-order chi connectivity index (χ0) is 15.6. The van der Waals surface area contributed by atoms with E-state index in [0.717, 1.165) is 10.7 Å². The summed E-state index contributed by atoms with van der Waals surface area (Å²) < 4.78 is 39.1. The second kappa shape index (κ2) is 5.71. The molecule has 2 aromatic heterocycles. The average molecular weight is 299 g/mol. The minimum absolute atomic E-state index is 0.355. The van der Waals surface area contributed by atoms with Crippen LogP contribution in [0, 0.1) is 6.92 Å². The lowest BCUT2D eigenvalue weighted by Gasteiger charge is -2.12. The van der Waals surface area contributed by atoms with Crippen molar-refractivity contribution < 1.29 is 13.2 Å². The molecule has 0 atom stereocenters. The molecule has 0 aliphatic carbocycles. The van der Waals surface area contributed by atoms with Crippen LogP contribution in [0.3, 0.4) is 0 Å². The topological polar surface area (TPSA) is 55.6 Å². The SMILES string of the molecule is CCNc1nc(CC)nc(-n2ccc(C(F)(F)F)n2)c1C. The molecule has 0 aliphatic heterocycles. The first-order chi connectivity index (χ1) is 9.86. The van der Waals surface area contributed by atoms with E-state index in [4.69, 9.17) is 0 Å². The molecule has 114 valence electrons. The molecule has 8 heteroatoms. The van der Waals surface area contributed by atoms with Crippen molar-refractivity contribution in [3.05, 3.63) is 29.3 Å². The number of hydrogen-bond donors (Lipinski definition) is 1. The van der Waals surface area contributed by atoms with Crippen molar-refractivity contribution >= 4 is 5.82 Å². The van der Waals surface area contributed by atoms with Gasteiger partial charge in [0.1, 0.15) is 11.6 Å². The van der Waals surface area contributed by atoms with Gasteiger partial charge in [-0.1, -0.05) is 6.92 Å². The molecule has 1 N–H and O–H groups in total. The molecule has 5 nitrogen and oxygen atoms in total. The lowest BCUT2D eigenvalue weighted by Crippen LogP contribution is -2.12. The second-order valence-corrected chi connectivity index (χ2v) is 4.46. The van der Waals surface area contributed by atoms with Crippen molar-refractivity contribution in [3.63, 3.8) is 0 Å². The molecule has 0 spiro atoms. The lowest BCUT2D eigenvalue weighted by atomic mass is 10.3. The Bertz CT molecular complexity index is 633. The Morgan fingerprint density at radius 3 is 2.48 bits per heavy atom. The number of rotatable bonds is 4. The summed E-state index contributed by atoms with van der Waals surface area (Å²) in [7, 11) is 0. The van der Waals surface area contributed by atoms with Gasteiger partial charge in [-0.25, -0.2) is 14.6 Å². The van der Waals surface area contributed by atoms with Crippen LogP contribution in [-0.2, 0) is 12.6 Å². The Kier molecular flexibility index (Phi) is 4.15. The molecule has 0 unspecified atom stereocenters. The van der Waals surface area contributed by atoms with E-state index >= 15 is 0 Å². The zero-order valence-corrected chi connectivity index (χ0v) is 12.0. The first-order valence-corrected chi connectivity index (χ1v) is 6.61. The van der Waals surface area contributed by atoms with Crippen molar-refractivity contribution in [2.45, 2.75) is 33.4 Å². The fourth-order valence-corrected chi connectivity index (χ4v) is 1.86. The van der Waals surface area contributed by atoms with Crippen molar-refractivity contribution in [1.29, 1.82) is 0 Å². The number of hydrogen-bond acceptors (Lipinski definition) is 4. The van der Waals surface area contributed by atoms with E-state index in [1.807, 2.05) is 13.8 Å². The van der Waals surface area contributed by atoms with Gasteiger partial charge in [0.15, 0.2) is 11.5 Å². The maximum atomic E-state index is 12.6. The smallest absolute Gasteiger partial charge is 0.370 e. The maximum absolute atomic E-state index is 12.6. The lowest BCUT2D eigenvalue weighted by molar-refractivity contribution is -0.141. The van der Waals surface area contributed by atoms with Crippen LogP contribution in [0.2, 0.25) is 0 Å². The minimum atomic E-state index is -4.47.